The highest BCUT2D eigenvalue weighted by Crippen LogP contribution is 2.37. The summed E-state index contributed by atoms with van der Waals surface area (Å²) in [5.74, 6) is 1.00. The average molecular weight is 412 g/mol. The second-order valence-corrected chi connectivity index (χ2v) is 8.57. The largest absolute Gasteiger partial charge is 0.447 e. The van der Waals surface area contributed by atoms with Crippen molar-refractivity contribution in [2.24, 2.45) is 5.16 Å². The number of methoxy groups -OCH3 is 1. The highest BCUT2D eigenvalue weighted by atomic mass is 16.6. The number of carbonyl (C=O) groups excluding carboxylic acids is 1. The van der Waals surface area contributed by atoms with E-state index in [1.807, 2.05) is 13.8 Å². The van der Waals surface area contributed by atoms with E-state index in [4.69, 9.17) is 19.3 Å². The summed E-state index contributed by atoms with van der Waals surface area (Å²) in [6.45, 7) is 4.35. The fourth-order valence-corrected chi connectivity index (χ4v) is 5.16. The zero-order chi connectivity index (χ0) is 20.8. The molecule has 1 amide bonds. The van der Waals surface area contributed by atoms with Crippen LogP contribution in [0.2, 0.25) is 0 Å². The smallest absolute Gasteiger partial charge is 0.407 e. The van der Waals surface area contributed by atoms with Gasteiger partial charge in [-0.2, -0.15) is 0 Å². The van der Waals surface area contributed by atoms with Crippen molar-refractivity contribution in [1.29, 1.82) is 0 Å². The maximum atomic E-state index is 11.7. The van der Waals surface area contributed by atoms with Gasteiger partial charge in [0.05, 0.1) is 28.8 Å². The third-order valence-corrected chi connectivity index (χ3v) is 6.71. The summed E-state index contributed by atoms with van der Waals surface area (Å²) >= 11 is 0. The molecule has 30 heavy (non-hydrogen) atoms. The van der Waals surface area contributed by atoms with Gasteiger partial charge in [0.15, 0.2) is 0 Å². The van der Waals surface area contributed by atoms with Crippen LogP contribution in [0.25, 0.3) is 11.0 Å². The number of fused-ring (bicyclic) bond motifs is 1. The van der Waals surface area contributed by atoms with E-state index in [2.05, 4.69) is 33.2 Å². The van der Waals surface area contributed by atoms with Crippen molar-refractivity contribution in [1.82, 2.24) is 14.9 Å². The molecule has 0 radical (unpaired) electrons. The zero-order valence-electron chi connectivity index (χ0n) is 17.6. The number of hydrogen-bond donors (Lipinski definition) is 1. The number of benzene rings is 1. The molecule has 3 atom stereocenters. The molecule has 8 nitrogen and oxygen atoms in total. The molecule has 3 heterocycles. The number of amides is 1. The lowest BCUT2D eigenvalue weighted by atomic mass is 9.90. The highest BCUT2D eigenvalue weighted by molar-refractivity contribution is 5.91. The topological polar surface area (TPSA) is 87.0 Å². The minimum atomic E-state index is -0.383. The SMILES string of the molecule is COC1CCC(n2c([C@@H]3COC(=O)N3)nc3cc(C4C(C)=NOC4C)ccc32)CC1. The van der Waals surface area contributed by atoms with Gasteiger partial charge in [0, 0.05) is 13.2 Å². The Morgan fingerprint density at radius 2 is 2.03 bits per heavy atom. The van der Waals surface area contributed by atoms with Crippen molar-refractivity contribution in [3.8, 4) is 0 Å². The van der Waals surface area contributed by atoms with Gasteiger partial charge in [0.1, 0.15) is 24.6 Å². The summed E-state index contributed by atoms with van der Waals surface area (Å²) in [4.78, 5) is 22.1. The Hall–Kier alpha value is -2.61. The van der Waals surface area contributed by atoms with Gasteiger partial charge in [-0.1, -0.05) is 11.2 Å². The lowest BCUT2D eigenvalue weighted by Crippen LogP contribution is -2.27. The van der Waals surface area contributed by atoms with Crippen molar-refractivity contribution < 1.29 is 19.1 Å². The molecule has 1 saturated heterocycles. The van der Waals surface area contributed by atoms with Crippen LogP contribution in [0, 0.1) is 0 Å². The minimum absolute atomic E-state index is 0.0100. The molecule has 160 valence electrons. The molecule has 2 aromatic rings. The van der Waals surface area contributed by atoms with Crippen molar-refractivity contribution in [3.63, 3.8) is 0 Å². The zero-order valence-corrected chi connectivity index (χ0v) is 17.6. The molecule has 2 fully saturated rings. The lowest BCUT2D eigenvalue weighted by Gasteiger charge is -2.30. The van der Waals surface area contributed by atoms with Gasteiger partial charge in [0.2, 0.25) is 0 Å². The number of nitrogens with zero attached hydrogens (tertiary/aromatic N) is 3. The van der Waals surface area contributed by atoms with Crippen LogP contribution in [-0.4, -0.2) is 47.3 Å². The van der Waals surface area contributed by atoms with E-state index >= 15 is 0 Å². The summed E-state index contributed by atoms with van der Waals surface area (Å²) in [5.41, 5.74) is 4.16. The summed E-state index contributed by atoms with van der Waals surface area (Å²) in [6.07, 6.45) is 4.06. The Kier molecular flexibility index (Phi) is 4.89. The molecule has 1 aromatic carbocycles. The second-order valence-electron chi connectivity index (χ2n) is 8.57. The number of cyclic esters (lactones) is 1. The van der Waals surface area contributed by atoms with E-state index in [-0.39, 0.29) is 24.2 Å². The van der Waals surface area contributed by atoms with Crippen LogP contribution >= 0.6 is 0 Å². The van der Waals surface area contributed by atoms with E-state index in [1.165, 1.54) is 0 Å². The number of nitrogens with one attached hydrogen (secondary N) is 1. The maximum absolute atomic E-state index is 11.7. The first-order chi connectivity index (χ1) is 14.5. The standard InChI is InChI=1S/C22H28N4O4/c1-12-20(13(2)30-25-12)14-4-9-19-17(10-14)23-21(18-11-29-22(27)24-18)26(19)15-5-7-16(28-3)8-6-15/h4,9-10,13,15-16,18,20H,5-8,11H2,1-3H3,(H,24,27)/t13?,15?,16?,18-,20?/m0/s1. The molecule has 5 rings (SSSR count). The Morgan fingerprint density at radius 3 is 2.67 bits per heavy atom. The quantitative estimate of drug-likeness (QED) is 0.825. The minimum Gasteiger partial charge on any atom is -0.447 e. The normalized spacial score (nSPS) is 31.4. The van der Waals surface area contributed by atoms with Gasteiger partial charge >= 0.3 is 6.09 Å². The van der Waals surface area contributed by atoms with Gasteiger partial charge in [-0.25, -0.2) is 9.78 Å². The van der Waals surface area contributed by atoms with E-state index in [0.29, 0.717) is 18.8 Å². The van der Waals surface area contributed by atoms with E-state index < -0.39 is 0 Å². The van der Waals surface area contributed by atoms with Crippen LogP contribution in [0.4, 0.5) is 4.79 Å². The molecule has 1 aromatic heterocycles. The van der Waals surface area contributed by atoms with E-state index in [0.717, 1.165) is 53.8 Å². The first kappa shape index (κ1) is 19.4. The number of aromatic nitrogens is 2. The number of imidazole rings is 1. The number of hydrogen-bond acceptors (Lipinski definition) is 6. The van der Waals surface area contributed by atoms with Crippen LogP contribution in [-0.2, 0) is 14.3 Å². The Balaban J connectivity index is 1.56. The number of rotatable bonds is 4. The van der Waals surface area contributed by atoms with Gasteiger partial charge in [-0.05, 0) is 57.2 Å². The van der Waals surface area contributed by atoms with Crippen molar-refractivity contribution in [2.45, 2.75) is 69.7 Å². The van der Waals surface area contributed by atoms with E-state index in [1.54, 1.807) is 7.11 Å². The number of ether oxygens (including phenoxy) is 2. The molecule has 0 bridgehead atoms. The molecule has 0 spiro atoms. The number of alkyl carbamates (subject to hydrolysis) is 1. The average Bonchev–Trinajstić information content (AvgIpc) is 3.44. The number of oxime groups is 1. The molecular weight excluding hydrogens is 384 g/mol. The molecule has 1 aliphatic carbocycles. The first-order valence-corrected chi connectivity index (χ1v) is 10.7. The molecule has 8 heteroatoms. The monoisotopic (exact) mass is 412 g/mol. The van der Waals surface area contributed by atoms with Crippen molar-refractivity contribution in [3.05, 3.63) is 29.6 Å². The first-order valence-electron chi connectivity index (χ1n) is 10.7. The van der Waals surface area contributed by atoms with Crippen molar-refractivity contribution in [2.75, 3.05) is 13.7 Å². The highest BCUT2D eigenvalue weighted by Gasteiger charge is 2.34. The van der Waals surface area contributed by atoms with Crippen LogP contribution in [0.1, 0.15) is 68.9 Å². The second kappa shape index (κ2) is 7.58. The number of carbonyl (C=O) groups is 1. The third kappa shape index (κ3) is 3.23. The Morgan fingerprint density at radius 1 is 1.23 bits per heavy atom. The molecule has 3 aliphatic rings. The molecule has 1 saturated carbocycles. The molecule has 2 unspecified atom stereocenters. The molecule has 2 aliphatic heterocycles. The third-order valence-electron chi connectivity index (χ3n) is 6.71. The fraction of sp³-hybridized carbons (Fsp3) is 0.591. The molecule has 1 N–H and O–H groups in total. The summed E-state index contributed by atoms with van der Waals surface area (Å²) in [7, 11) is 1.79. The predicted octanol–water partition coefficient (Wildman–Crippen LogP) is 3.83. The predicted molar refractivity (Wildman–Crippen MR) is 112 cm³/mol. The summed E-state index contributed by atoms with van der Waals surface area (Å²) in [5, 5.41) is 7.06. The summed E-state index contributed by atoms with van der Waals surface area (Å²) in [6, 6.07) is 6.55. The summed E-state index contributed by atoms with van der Waals surface area (Å²) < 4.78 is 13.0. The van der Waals surface area contributed by atoms with Gasteiger partial charge in [-0.15, -0.1) is 0 Å². The van der Waals surface area contributed by atoms with Gasteiger partial charge in [-0.3, -0.25) is 0 Å². The van der Waals surface area contributed by atoms with Crippen LogP contribution in [0.15, 0.2) is 23.4 Å². The maximum Gasteiger partial charge on any atom is 0.407 e. The fourth-order valence-electron chi connectivity index (χ4n) is 5.16. The van der Waals surface area contributed by atoms with Gasteiger partial charge in [0.25, 0.3) is 0 Å². The molecular formula is C22H28N4O4. The van der Waals surface area contributed by atoms with Crippen LogP contribution in [0.3, 0.4) is 0 Å². The van der Waals surface area contributed by atoms with Crippen LogP contribution in [0.5, 0.6) is 0 Å². The van der Waals surface area contributed by atoms with E-state index in [9.17, 15) is 4.79 Å². The van der Waals surface area contributed by atoms with Crippen molar-refractivity contribution >= 4 is 22.8 Å². The Labute approximate surface area is 175 Å². The van der Waals surface area contributed by atoms with Crippen LogP contribution < -0.4 is 5.32 Å². The Bertz CT molecular complexity index is 992. The van der Waals surface area contributed by atoms with Gasteiger partial charge < -0.3 is 24.2 Å². The lowest BCUT2D eigenvalue weighted by molar-refractivity contribution is 0.0583.